The Labute approximate surface area is 153 Å². The van der Waals surface area contributed by atoms with Crippen LogP contribution in [0.25, 0.3) is 0 Å². The third-order valence-electron chi connectivity index (χ3n) is 3.21. The van der Waals surface area contributed by atoms with Gasteiger partial charge in [0, 0.05) is 14.9 Å². The van der Waals surface area contributed by atoms with E-state index >= 15 is 0 Å². The lowest BCUT2D eigenvalue weighted by Crippen LogP contribution is -3.10. The fourth-order valence-corrected chi connectivity index (χ4v) is 2.68. The number of alkyl halides is 1. The fraction of sp³-hybridized carbons (Fsp3) is 0.500. The van der Waals surface area contributed by atoms with Gasteiger partial charge in [0.05, 0.1) is 13.1 Å². The lowest BCUT2D eigenvalue weighted by atomic mass is 10.2. The van der Waals surface area contributed by atoms with E-state index in [0.29, 0.717) is 4.83 Å². The second-order valence-electron chi connectivity index (χ2n) is 5.14. The van der Waals surface area contributed by atoms with Gasteiger partial charge in [0.1, 0.15) is 6.54 Å². The van der Waals surface area contributed by atoms with Crippen molar-refractivity contribution in [2.75, 3.05) is 13.1 Å². The zero-order valence-corrected chi connectivity index (χ0v) is 16.5. The Morgan fingerprint density at radius 3 is 2.35 bits per heavy atom. The second kappa shape index (κ2) is 12.5. The van der Waals surface area contributed by atoms with Crippen LogP contribution in [0.2, 0.25) is 0 Å². The summed E-state index contributed by atoms with van der Waals surface area (Å²) < 4.78 is 1.24. The van der Waals surface area contributed by atoms with Crippen LogP contribution in [0.3, 0.4) is 0 Å². The summed E-state index contributed by atoms with van der Waals surface area (Å²) in [4.78, 5) is 20.3. The minimum Gasteiger partial charge on any atom is -0.539 e. The number of carboxylic acids is 2. The maximum absolute atomic E-state index is 9.04. The predicted molar refractivity (Wildman–Crippen MR) is 94.5 cm³/mol. The topological polar surface area (TPSA) is 81.9 Å². The summed E-state index contributed by atoms with van der Waals surface area (Å²) >= 11 is 7.23. The summed E-state index contributed by atoms with van der Waals surface area (Å²) in [5.41, 5.74) is 1.41. The molecule has 0 saturated heterocycles. The maximum atomic E-state index is 9.04. The molecule has 0 aliphatic rings. The number of aliphatic carboxylic acids is 2. The van der Waals surface area contributed by atoms with Gasteiger partial charge >= 0.3 is 5.97 Å². The van der Waals surface area contributed by atoms with Crippen LogP contribution in [0.15, 0.2) is 28.7 Å². The van der Waals surface area contributed by atoms with Gasteiger partial charge in [0.15, 0.2) is 5.97 Å². The van der Waals surface area contributed by atoms with Gasteiger partial charge < -0.3 is 19.9 Å². The highest BCUT2D eigenvalue weighted by molar-refractivity contribution is 9.10. The smallest absolute Gasteiger partial charge is 0.351 e. The molecular weight excluding hydrogens is 430 g/mol. The highest BCUT2D eigenvalue weighted by atomic mass is 79.9. The van der Waals surface area contributed by atoms with Crippen LogP contribution in [-0.4, -0.2) is 35.0 Å². The standard InChI is InChI=1S/C14H21Br2N.C2H2O4/c1-3-17(10-6-7-12(2)15)11-13-8-4-5-9-14(13)16;3-1(4)2(5)6/h4-5,8-9,12H,3,6-7,10-11H2,1-2H3;(H,3,4)(H,5,6). The number of quaternary nitrogens is 1. The number of nitrogens with one attached hydrogen (secondary N) is 1. The molecule has 1 aromatic carbocycles. The van der Waals surface area contributed by atoms with Gasteiger partial charge in [-0.25, -0.2) is 4.79 Å². The average Bonchev–Trinajstić information content (AvgIpc) is 2.48. The van der Waals surface area contributed by atoms with Crippen molar-refractivity contribution >= 4 is 43.8 Å². The first-order valence-corrected chi connectivity index (χ1v) is 9.14. The number of carbonyl (C=O) groups is 2. The third-order valence-corrected chi connectivity index (χ3v) is 4.44. The Morgan fingerprint density at radius 1 is 1.35 bits per heavy atom. The van der Waals surface area contributed by atoms with Gasteiger partial charge in [-0.1, -0.05) is 57.0 Å². The average molecular weight is 453 g/mol. The first kappa shape index (κ1) is 22.1. The van der Waals surface area contributed by atoms with Crippen molar-refractivity contribution in [1.29, 1.82) is 0 Å². The summed E-state index contributed by atoms with van der Waals surface area (Å²) in [6.07, 6.45) is 2.56. The minimum absolute atomic E-state index is 0.643. The largest absolute Gasteiger partial charge is 0.539 e. The van der Waals surface area contributed by atoms with Gasteiger partial charge in [-0.05, 0) is 25.8 Å². The van der Waals surface area contributed by atoms with E-state index in [1.54, 1.807) is 4.90 Å². The molecule has 130 valence electrons. The number of carbonyl (C=O) groups excluding carboxylic acids is 1. The van der Waals surface area contributed by atoms with E-state index < -0.39 is 11.9 Å². The SMILES string of the molecule is CC[NH+](CCCC(C)Br)Cc1ccccc1Br.O=C([O-])C(=O)O. The highest BCUT2D eigenvalue weighted by Crippen LogP contribution is 2.14. The number of rotatable bonds is 7. The molecule has 0 radical (unpaired) electrons. The fourth-order valence-electron chi connectivity index (χ4n) is 1.93. The van der Waals surface area contributed by atoms with Crippen LogP contribution in [0, 0.1) is 0 Å². The van der Waals surface area contributed by atoms with Crippen molar-refractivity contribution in [2.45, 2.75) is 38.1 Å². The van der Waals surface area contributed by atoms with Crippen molar-refractivity contribution < 1.29 is 24.7 Å². The lowest BCUT2D eigenvalue weighted by molar-refractivity contribution is -0.912. The van der Waals surface area contributed by atoms with Gasteiger partial charge in [-0.15, -0.1) is 0 Å². The Balaban J connectivity index is 0.000000688. The number of hydrogen-bond acceptors (Lipinski definition) is 3. The third kappa shape index (κ3) is 11.3. The van der Waals surface area contributed by atoms with Crippen molar-refractivity contribution in [2.24, 2.45) is 0 Å². The van der Waals surface area contributed by atoms with E-state index in [0.717, 1.165) is 6.54 Å². The monoisotopic (exact) mass is 451 g/mol. The van der Waals surface area contributed by atoms with E-state index in [1.165, 1.54) is 36.0 Å². The number of benzene rings is 1. The van der Waals surface area contributed by atoms with E-state index in [9.17, 15) is 0 Å². The molecule has 0 fully saturated rings. The molecule has 5 nitrogen and oxygen atoms in total. The summed E-state index contributed by atoms with van der Waals surface area (Å²) in [7, 11) is 0. The Kier molecular flexibility index (Phi) is 12.0. The van der Waals surface area contributed by atoms with Gasteiger partial charge in [-0.2, -0.15) is 0 Å². The molecule has 0 aliphatic heterocycles. The van der Waals surface area contributed by atoms with Crippen LogP contribution in [0.1, 0.15) is 32.3 Å². The van der Waals surface area contributed by atoms with Crippen LogP contribution in [0.5, 0.6) is 0 Å². The molecule has 0 bridgehead atoms. The van der Waals surface area contributed by atoms with E-state index in [2.05, 4.69) is 70.0 Å². The zero-order chi connectivity index (χ0) is 17.8. The van der Waals surface area contributed by atoms with E-state index in [-0.39, 0.29) is 0 Å². The quantitative estimate of drug-likeness (QED) is 0.481. The molecule has 0 aliphatic carbocycles. The van der Waals surface area contributed by atoms with Crippen molar-refractivity contribution in [1.82, 2.24) is 0 Å². The van der Waals surface area contributed by atoms with E-state index in [4.69, 9.17) is 19.8 Å². The van der Waals surface area contributed by atoms with Crippen LogP contribution < -0.4 is 10.0 Å². The predicted octanol–water partition coefficient (Wildman–Crippen LogP) is 1.24. The van der Waals surface area contributed by atoms with Crippen molar-refractivity contribution in [3.05, 3.63) is 34.3 Å². The maximum Gasteiger partial charge on any atom is 0.351 e. The lowest BCUT2D eigenvalue weighted by Gasteiger charge is -2.18. The summed E-state index contributed by atoms with van der Waals surface area (Å²) in [5, 5.41) is 16.3. The van der Waals surface area contributed by atoms with Gasteiger partial charge in [-0.3, -0.25) is 0 Å². The second-order valence-corrected chi connectivity index (χ2v) is 7.55. The molecule has 2 N–H and O–H groups in total. The minimum atomic E-state index is -2.07. The molecule has 0 spiro atoms. The Morgan fingerprint density at radius 2 is 1.91 bits per heavy atom. The molecule has 2 atom stereocenters. The van der Waals surface area contributed by atoms with Crippen LogP contribution in [0.4, 0.5) is 0 Å². The molecular formula is C16H23Br2NO4. The van der Waals surface area contributed by atoms with Gasteiger partial charge in [0.2, 0.25) is 0 Å². The highest BCUT2D eigenvalue weighted by Gasteiger charge is 2.09. The summed E-state index contributed by atoms with van der Waals surface area (Å²) in [6, 6.07) is 8.54. The first-order chi connectivity index (χ1) is 10.8. The normalized spacial score (nSPS) is 12.7. The molecule has 1 rings (SSSR count). The van der Waals surface area contributed by atoms with Crippen LogP contribution in [-0.2, 0) is 16.1 Å². The number of halogens is 2. The zero-order valence-electron chi connectivity index (χ0n) is 13.4. The molecule has 7 heteroatoms. The molecule has 0 amide bonds. The first-order valence-electron chi connectivity index (χ1n) is 7.43. The summed E-state index contributed by atoms with van der Waals surface area (Å²) in [6.45, 7) is 8.06. The molecule has 0 heterocycles. The molecule has 0 saturated carbocycles. The number of hydrogen-bond donors (Lipinski definition) is 2. The summed E-state index contributed by atoms with van der Waals surface area (Å²) in [5.74, 6) is -4.01. The van der Waals surface area contributed by atoms with E-state index in [1.807, 2.05) is 0 Å². The Bertz CT molecular complexity index is 483. The van der Waals surface area contributed by atoms with Crippen LogP contribution >= 0.6 is 31.9 Å². The van der Waals surface area contributed by atoms with Crippen molar-refractivity contribution in [3.63, 3.8) is 0 Å². The molecule has 2 unspecified atom stereocenters. The molecule has 1 aromatic rings. The Hall–Kier alpha value is -0.920. The molecule has 23 heavy (non-hydrogen) atoms. The number of carboxylic acid groups (broad SMARTS) is 2. The molecule has 0 aromatic heterocycles. The van der Waals surface area contributed by atoms with Gasteiger partial charge in [0.25, 0.3) is 0 Å². The van der Waals surface area contributed by atoms with Crippen molar-refractivity contribution in [3.8, 4) is 0 Å².